The smallest absolute Gasteiger partial charge is 0.0992 e. The van der Waals surface area contributed by atoms with Gasteiger partial charge >= 0.3 is 0 Å². The molecule has 3 N–H and O–H groups in total. The number of para-hydroxylation sites is 1. The molecule has 0 spiro atoms. The lowest BCUT2D eigenvalue weighted by Gasteiger charge is -2.14. The van der Waals surface area contributed by atoms with Gasteiger partial charge in [0.15, 0.2) is 0 Å². The highest BCUT2D eigenvalue weighted by Crippen LogP contribution is 2.28. The van der Waals surface area contributed by atoms with Gasteiger partial charge in [0.2, 0.25) is 0 Å². The van der Waals surface area contributed by atoms with E-state index in [1.165, 1.54) is 0 Å². The first-order valence-corrected chi connectivity index (χ1v) is 5.74. The number of rotatable bonds is 2. The molecule has 0 aliphatic heterocycles. The van der Waals surface area contributed by atoms with Gasteiger partial charge in [-0.2, -0.15) is 5.26 Å². The zero-order valence-corrected chi connectivity index (χ0v) is 10.5. The number of benzene rings is 2. The Labute approximate surface area is 107 Å². The minimum atomic E-state index is 0.595. The molecule has 0 atom stereocenters. The van der Waals surface area contributed by atoms with Crippen LogP contribution in [0.1, 0.15) is 16.7 Å². The lowest BCUT2D eigenvalue weighted by Crippen LogP contribution is -2.00. The van der Waals surface area contributed by atoms with Crippen molar-refractivity contribution in [3.8, 4) is 6.07 Å². The summed E-state index contributed by atoms with van der Waals surface area (Å²) < 4.78 is 0. The van der Waals surface area contributed by atoms with Crippen molar-refractivity contribution in [2.45, 2.75) is 13.8 Å². The van der Waals surface area contributed by atoms with Crippen LogP contribution < -0.4 is 11.1 Å². The summed E-state index contributed by atoms with van der Waals surface area (Å²) in [5, 5.41) is 12.2. The van der Waals surface area contributed by atoms with Crippen LogP contribution in [-0.4, -0.2) is 0 Å². The van der Waals surface area contributed by atoms with Gasteiger partial charge in [-0.15, -0.1) is 0 Å². The molecule has 2 rings (SSSR count). The van der Waals surface area contributed by atoms with Crippen LogP contribution in [0.25, 0.3) is 0 Å². The fraction of sp³-hybridized carbons (Fsp3) is 0.133. The Kier molecular flexibility index (Phi) is 3.20. The molecule has 0 saturated heterocycles. The van der Waals surface area contributed by atoms with Crippen molar-refractivity contribution in [3.05, 3.63) is 53.1 Å². The molecule has 2 aromatic carbocycles. The predicted octanol–water partition coefficient (Wildman–Crippen LogP) is 3.50. The van der Waals surface area contributed by atoms with Gasteiger partial charge in [-0.25, -0.2) is 0 Å². The Balaban J connectivity index is 2.43. The van der Waals surface area contributed by atoms with Gasteiger partial charge in [-0.05, 0) is 43.2 Å². The summed E-state index contributed by atoms with van der Waals surface area (Å²) in [7, 11) is 0. The molecule has 0 unspecified atom stereocenters. The minimum absolute atomic E-state index is 0.595. The normalized spacial score (nSPS) is 9.83. The third kappa shape index (κ3) is 2.28. The maximum absolute atomic E-state index is 8.91. The first-order valence-electron chi connectivity index (χ1n) is 5.74. The summed E-state index contributed by atoms with van der Waals surface area (Å²) in [6.45, 7) is 4.08. The second-order valence-electron chi connectivity index (χ2n) is 4.31. The Morgan fingerprint density at radius 1 is 1.11 bits per heavy atom. The zero-order valence-electron chi connectivity index (χ0n) is 10.5. The van der Waals surface area contributed by atoms with Gasteiger partial charge in [0.25, 0.3) is 0 Å². The quantitative estimate of drug-likeness (QED) is 0.786. The van der Waals surface area contributed by atoms with Crippen LogP contribution in [0.2, 0.25) is 0 Å². The number of nitrogens with one attached hydrogen (secondary N) is 1. The fourth-order valence-corrected chi connectivity index (χ4v) is 1.88. The van der Waals surface area contributed by atoms with Crippen LogP contribution in [0.15, 0.2) is 36.4 Å². The van der Waals surface area contributed by atoms with Crippen molar-refractivity contribution in [1.82, 2.24) is 0 Å². The SMILES string of the molecule is Cc1cccc(C)c1Nc1cc(C#N)ccc1N. The molecular weight excluding hydrogens is 222 g/mol. The molecule has 0 aromatic heterocycles. The topological polar surface area (TPSA) is 61.8 Å². The van der Waals surface area contributed by atoms with Crippen molar-refractivity contribution < 1.29 is 0 Å². The van der Waals surface area contributed by atoms with Gasteiger partial charge in [0.05, 0.1) is 23.0 Å². The van der Waals surface area contributed by atoms with E-state index in [1.807, 2.05) is 32.0 Å². The van der Waals surface area contributed by atoms with Gasteiger partial charge < -0.3 is 11.1 Å². The molecular formula is C15H15N3. The highest BCUT2D eigenvalue weighted by atomic mass is 14.9. The molecule has 3 nitrogen and oxygen atoms in total. The van der Waals surface area contributed by atoms with Gasteiger partial charge in [-0.3, -0.25) is 0 Å². The molecule has 0 heterocycles. The van der Waals surface area contributed by atoms with E-state index < -0.39 is 0 Å². The van der Waals surface area contributed by atoms with Gasteiger partial charge in [-0.1, -0.05) is 18.2 Å². The third-order valence-electron chi connectivity index (χ3n) is 2.92. The van der Waals surface area contributed by atoms with Crippen LogP contribution >= 0.6 is 0 Å². The number of nitriles is 1. The Morgan fingerprint density at radius 3 is 2.39 bits per heavy atom. The van der Waals surface area contributed by atoms with E-state index >= 15 is 0 Å². The molecule has 2 aromatic rings. The van der Waals surface area contributed by atoms with E-state index in [4.69, 9.17) is 11.0 Å². The molecule has 3 heteroatoms. The number of nitrogens with zero attached hydrogens (tertiary/aromatic N) is 1. The molecule has 90 valence electrons. The van der Waals surface area contributed by atoms with Crippen molar-refractivity contribution in [3.63, 3.8) is 0 Å². The lowest BCUT2D eigenvalue weighted by atomic mass is 10.1. The molecule has 0 fully saturated rings. The van der Waals surface area contributed by atoms with Crippen LogP contribution in [0, 0.1) is 25.2 Å². The van der Waals surface area contributed by atoms with Gasteiger partial charge in [0.1, 0.15) is 0 Å². The monoisotopic (exact) mass is 237 g/mol. The van der Waals surface area contributed by atoms with Gasteiger partial charge in [0, 0.05) is 5.69 Å². The zero-order chi connectivity index (χ0) is 13.1. The summed E-state index contributed by atoms with van der Waals surface area (Å²) in [6, 6.07) is 13.4. The van der Waals surface area contributed by atoms with E-state index in [-0.39, 0.29) is 0 Å². The average Bonchev–Trinajstić information content (AvgIpc) is 2.36. The largest absolute Gasteiger partial charge is 0.397 e. The first kappa shape index (κ1) is 12.0. The number of hydrogen-bond acceptors (Lipinski definition) is 3. The second-order valence-corrected chi connectivity index (χ2v) is 4.31. The average molecular weight is 237 g/mol. The highest BCUT2D eigenvalue weighted by Gasteiger charge is 2.05. The number of anilines is 3. The van der Waals surface area contributed by atoms with E-state index in [1.54, 1.807) is 18.2 Å². The third-order valence-corrected chi connectivity index (χ3v) is 2.92. The maximum atomic E-state index is 8.91. The summed E-state index contributed by atoms with van der Waals surface area (Å²) in [5.74, 6) is 0. The minimum Gasteiger partial charge on any atom is -0.397 e. The molecule has 0 aliphatic carbocycles. The van der Waals surface area contributed by atoms with Crippen LogP contribution in [0.3, 0.4) is 0 Å². The summed E-state index contributed by atoms with van der Waals surface area (Å²) in [5.41, 5.74) is 11.3. The molecule has 0 saturated carbocycles. The molecule has 18 heavy (non-hydrogen) atoms. The molecule has 0 bridgehead atoms. The summed E-state index contributed by atoms with van der Waals surface area (Å²) in [6.07, 6.45) is 0. The summed E-state index contributed by atoms with van der Waals surface area (Å²) in [4.78, 5) is 0. The number of aryl methyl sites for hydroxylation is 2. The van der Waals surface area contributed by atoms with E-state index in [0.29, 0.717) is 11.3 Å². The van der Waals surface area contributed by atoms with Crippen LogP contribution in [0.4, 0.5) is 17.1 Å². The number of nitrogen functional groups attached to an aromatic ring is 1. The Hall–Kier alpha value is -2.47. The second kappa shape index (κ2) is 4.80. The molecule has 0 radical (unpaired) electrons. The van der Waals surface area contributed by atoms with Crippen molar-refractivity contribution in [2.75, 3.05) is 11.1 Å². The van der Waals surface area contributed by atoms with Crippen LogP contribution in [0.5, 0.6) is 0 Å². The van der Waals surface area contributed by atoms with Crippen molar-refractivity contribution in [1.29, 1.82) is 5.26 Å². The number of nitrogens with two attached hydrogens (primary N) is 1. The standard InChI is InChI=1S/C15H15N3/c1-10-4-3-5-11(2)15(10)18-14-8-12(9-16)6-7-13(14)17/h3-8,18H,17H2,1-2H3. The number of hydrogen-bond donors (Lipinski definition) is 2. The van der Waals surface area contributed by atoms with E-state index in [9.17, 15) is 0 Å². The predicted molar refractivity (Wildman–Crippen MR) is 74.8 cm³/mol. The van der Waals surface area contributed by atoms with Crippen LogP contribution in [-0.2, 0) is 0 Å². The summed E-state index contributed by atoms with van der Waals surface area (Å²) >= 11 is 0. The van der Waals surface area contributed by atoms with Crippen molar-refractivity contribution in [2.24, 2.45) is 0 Å². The maximum Gasteiger partial charge on any atom is 0.0992 e. The Bertz CT molecular complexity index is 604. The fourth-order valence-electron chi connectivity index (χ4n) is 1.88. The van der Waals surface area contributed by atoms with E-state index in [2.05, 4.69) is 11.4 Å². The highest BCUT2D eigenvalue weighted by molar-refractivity contribution is 5.76. The first-order chi connectivity index (χ1) is 8.61. The Morgan fingerprint density at radius 2 is 1.78 bits per heavy atom. The molecule has 0 amide bonds. The molecule has 0 aliphatic rings. The lowest BCUT2D eigenvalue weighted by molar-refractivity contribution is 1.36. The van der Waals surface area contributed by atoms with E-state index in [0.717, 1.165) is 22.5 Å². The van der Waals surface area contributed by atoms with Crippen molar-refractivity contribution >= 4 is 17.1 Å².